The molecule has 0 bridgehead atoms. The Bertz CT molecular complexity index is 566. The van der Waals surface area contributed by atoms with E-state index < -0.39 is 15.6 Å². The summed E-state index contributed by atoms with van der Waals surface area (Å²) in [5.41, 5.74) is 0.378. The zero-order valence-corrected chi connectivity index (χ0v) is 12.2. The number of anilines is 1. The van der Waals surface area contributed by atoms with Gasteiger partial charge in [0.1, 0.15) is 0 Å². The van der Waals surface area contributed by atoms with E-state index in [0.717, 1.165) is 25.7 Å². The average molecular weight is 303 g/mol. The number of hydrogen-bond acceptors (Lipinski definition) is 3. The number of rotatable bonds is 5. The third-order valence-electron chi connectivity index (χ3n) is 3.94. The van der Waals surface area contributed by atoms with Gasteiger partial charge in [0.05, 0.1) is 10.6 Å². The molecule has 1 N–H and O–H groups in total. The maximum absolute atomic E-state index is 12.7. The smallest absolute Gasteiger partial charge is 0.341 e. The molecule has 2 rings (SSSR count). The number of benzene rings is 1. The van der Waals surface area contributed by atoms with E-state index in [2.05, 4.69) is 12.2 Å². The highest BCUT2D eigenvalue weighted by Crippen LogP contribution is 2.38. The largest absolute Gasteiger partial charge is 0.383 e. The molecule has 112 valence electrons. The lowest BCUT2D eigenvalue weighted by Gasteiger charge is -2.25. The highest BCUT2D eigenvalue weighted by atomic mass is 32.2. The first-order chi connectivity index (χ1) is 9.35. The fourth-order valence-electron chi connectivity index (χ4n) is 2.67. The van der Waals surface area contributed by atoms with Crippen molar-refractivity contribution in [2.24, 2.45) is 5.41 Å². The zero-order valence-electron chi connectivity index (χ0n) is 11.4. The van der Waals surface area contributed by atoms with Crippen molar-refractivity contribution in [1.29, 1.82) is 0 Å². The molecule has 3 nitrogen and oxygen atoms in total. The van der Waals surface area contributed by atoms with Gasteiger partial charge in [0.2, 0.25) is 9.84 Å². The fourth-order valence-corrected chi connectivity index (χ4v) is 3.58. The van der Waals surface area contributed by atoms with Gasteiger partial charge >= 0.3 is 5.76 Å². The molecular weight excluding hydrogens is 284 g/mol. The van der Waals surface area contributed by atoms with E-state index in [1.54, 1.807) is 6.07 Å². The molecule has 0 radical (unpaired) electrons. The quantitative estimate of drug-likeness (QED) is 0.902. The summed E-state index contributed by atoms with van der Waals surface area (Å²) in [5.74, 6) is -3.40. The van der Waals surface area contributed by atoms with Crippen molar-refractivity contribution in [2.75, 3.05) is 11.9 Å². The van der Waals surface area contributed by atoms with Crippen LogP contribution in [-0.4, -0.2) is 20.7 Å². The van der Waals surface area contributed by atoms with Crippen molar-refractivity contribution in [1.82, 2.24) is 0 Å². The number of nitrogens with one attached hydrogen (secondary N) is 1. The Hall–Kier alpha value is -1.17. The van der Waals surface area contributed by atoms with Gasteiger partial charge in [0, 0.05) is 6.54 Å². The van der Waals surface area contributed by atoms with Gasteiger partial charge < -0.3 is 5.32 Å². The van der Waals surface area contributed by atoms with Gasteiger partial charge in [-0.05, 0) is 30.4 Å². The minimum absolute atomic E-state index is 0.113. The number of sulfone groups is 1. The van der Waals surface area contributed by atoms with Gasteiger partial charge in [-0.1, -0.05) is 31.9 Å². The summed E-state index contributed by atoms with van der Waals surface area (Å²) in [7, 11) is -4.57. The fraction of sp³-hybridized carbons (Fsp3) is 0.571. The summed E-state index contributed by atoms with van der Waals surface area (Å²) in [6.07, 6.45) is 4.47. The lowest BCUT2D eigenvalue weighted by atomic mass is 9.89. The van der Waals surface area contributed by atoms with Crippen LogP contribution in [0.3, 0.4) is 0 Å². The van der Waals surface area contributed by atoms with Crippen LogP contribution in [0, 0.1) is 5.41 Å². The first-order valence-corrected chi connectivity index (χ1v) is 8.25. The lowest BCUT2D eigenvalue weighted by Crippen LogP contribution is -2.24. The Kier molecular flexibility index (Phi) is 4.32. The van der Waals surface area contributed by atoms with Crippen LogP contribution < -0.4 is 5.32 Å². The molecule has 0 aliphatic heterocycles. The first kappa shape index (κ1) is 15.2. The van der Waals surface area contributed by atoms with Crippen molar-refractivity contribution in [3.63, 3.8) is 0 Å². The highest BCUT2D eigenvalue weighted by molar-refractivity contribution is 7.91. The second-order valence-corrected chi connectivity index (χ2v) is 7.56. The van der Waals surface area contributed by atoms with Gasteiger partial charge in [0.15, 0.2) is 0 Å². The monoisotopic (exact) mass is 303 g/mol. The van der Waals surface area contributed by atoms with Crippen molar-refractivity contribution < 1.29 is 17.2 Å². The van der Waals surface area contributed by atoms with Crippen LogP contribution in [-0.2, 0) is 9.84 Å². The van der Waals surface area contributed by atoms with E-state index in [1.165, 1.54) is 18.2 Å². The van der Waals surface area contributed by atoms with Crippen molar-refractivity contribution in [2.45, 2.75) is 43.3 Å². The normalized spacial score (nSPS) is 18.4. The van der Waals surface area contributed by atoms with Crippen LogP contribution in [0.2, 0.25) is 0 Å². The van der Waals surface area contributed by atoms with E-state index in [4.69, 9.17) is 0 Å². The van der Waals surface area contributed by atoms with Gasteiger partial charge in [-0.25, -0.2) is 8.42 Å². The van der Waals surface area contributed by atoms with Crippen LogP contribution in [0.5, 0.6) is 0 Å². The number of alkyl halides is 2. The molecule has 1 aromatic carbocycles. The molecule has 0 heterocycles. The Morgan fingerprint density at radius 3 is 2.45 bits per heavy atom. The van der Waals surface area contributed by atoms with E-state index in [0.29, 0.717) is 6.54 Å². The third-order valence-corrected chi connectivity index (χ3v) is 5.38. The summed E-state index contributed by atoms with van der Waals surface area (Å²) in [6, 6.07) is 5.86. The Labute approximate surface area is 118 Å². The van der Waals surface area contributed by atoms with E-state index in [9.17, 15) is 17.2 Å². The number of para-hydroxylation sites is 1. The highest BCUT2D eigenvalue weighted by Gasteiger charge is 2.31. The van der Waals surface area contributed by atoms with Crippen LogP contribution in [0.4, 0.5) is 14.5 Å². The predicted molar refractivity (Wildman–Crippen MR) is 74.7 cm³/mol. The lowest BCUT2D eigenvalue weighted by molar-refractivity contribution is 0.235. The molecule has 1 aliphatic carbocycles. The molecule has 0 unspecified atom stereocenters. The molecule has 6 heteroatoms. The van der Waals surface area contributed by atoms with Crippen LogP contribution in [0.15, 0.2) is 29.2 Å². The summed E-state index contributed by atoms with van der Waals surface area (Å²) in [6.45, 7) is 2.74. The van der Waals surface area contributed by atoms with E-state index in [1.807, 2.05) is 0 Å². The second kappa shape index (κ2) is 5.68. The molecule has 0 atom stereocenters. The van der Waals surface area contributed by atoms with E-state index in [-0.39, 0.29) is 16.0 Å². The van der Waals surface area contributed by atoms with Gasteiger partial charge in [0.25, 0.3) is 0 Å². The SMILES string of the molecule is CC1(CNc2ccccc2S(=O)(=O)C(F)F)CCCC1. The summed E-state index contributed by atoms with van der Waals surface area (Å²) in [5, 5.41) is 3.04. The van der Waals surface area contributed by atoms with Gasteiger partial charge in [-0.3, -0.25) is 0 Å². The Balaban J connectivity index is 2.21. The molecule has 20 heavy (non-hydrogen) atoms. The molecule has 0 saturated heterocycles. The van der Waals surface area contributed by atoms with Gasteiger partial charge in [-0.15, -0.1) is 0 Å². The summed E-state index contributed by atoms with van der Waals surface area (Å²) in [4.78, 5) is -0.323. The molecule has 1 aliphatic rings. The summed E-state index contributed by atoms with van der Waals surface area (Å²) >= 11 is 0. The molecule has 0 aromatic heterocycles. The topological polar surface area (TPSA) is 46.2 Å². The van der Waals surface area contributed by atoms with Crippen molar-refractivity contribution >= 4 is 15.5 Å². The predicted octanol–water partition coefficient (Wildman–Crippen LogP) is 3.68. The Morgan fingerprint density at radius 2 is 1.85 bits per heavy atom. The van der Waals surface area contributed by atoms with Crippen molar-refractivity contribution in [3.05, 3.63) is 24.3 Å². The van der Waals surface area contributed by atoms with E-state index >= 15 is 0 Å². The standard InChI is InChI=1S/C14H19F2NO2S/c1-14(8-4-5-9-14)10-17-11-6-2-3-7-12(11)20(18,19)13(15)16/h2-3,6-7,13,17H,4-5,8-10H2,1H3. The van der Waals surface area contributed by atoms with Crippen LogP contribution in [0.25, 0.3) is 0 Å². The molecule has 1 aromatic rings. The Morgan fingerprint density at radius 1 is 1.25 bits per heavy atom. The second-order valence-electron chi connectivity index (χ2n) is 5.67. The average Bonchev–Trinajstić information content (AvgIpc) is 2.84. The number of hydrogen-bond donors (Lipinski definition) is 1. The maximum Gasteiger partial charge on any atom is 0.341 e. The third kappa shape index (κ3) is 3.11. The molecular formula is C14H19F2NO2S. The number of halogens is 2. The molecule has 0 spiro atoms. The van der Waals surface area contributed by atoms with Crippen LogP contribution in [0.1, 0.15) is 32.6 Å². The van der Waals surface area contributed by atoms with Gasteiger partial charge in [-0.2, -0.15) is 8.78 Å². The minimum Gasteiger partial charge on any atom is -0.383 e. The molecule has 1 fully saturated rings. The maximum atomic E-state index is 12.7. The minimum atomic E-state index is -4.57. The zero-order chi connectivity index (χ0) is 14.8. The summed E-state index contributed by atoms with van der Waals surface area (Å²) < 4.78 is 48.6. The first-order valence-electron chi connectivity index (χ1n) is 6.70. The molecule has 1 saturated carbocycles. The van der Waals surface area contributed by atoms with Crippen LogP contribution >= 0.6 is 0 Å². The molecule has 0 amide bonds. The van der Waals surface area contributed by atoms with Crippen molar-refractivity contribution in [3.8, 4) is 0 Å².